The van der Waals surface area contributed by atoms with E-state index in [1.54, 1.807) is 12.3 Å². The second-order valence-electron chi connectivity index (χ2n) is 4.08. The Labute approximate surface area is 157 Å². The third-order valence-electron chi connectivity index (χ3n) is 2.61. The van der Waals surface area contributed by atoms with Crippen molar-refractivity contribution in [3.05, 3.63) is 48.0 Å². The Morgan fingerprint density at radius 2 is 2.00 bits per heavy atom. The molecule has 0 radical (unpaired) electrons. The predicted octanol–water partition coefficient (Wildman–Crippen LogP) is -0.578. The molecule has 2 rings (SSSR count). The number of pyridine rings is 2. The quantitative estimate of drug-likeness (QED) is 0.709. The van der Waals surface area contributed by atoms with Crippen LogP contribution in [0, 0.1) is 6.92 Å². The van der Waals surface area contributed by atoms with Gasteiger partial charge in [0, 0.05) is 12.4 Å². The maximum Gasteiger partial charge on any atom is 1.00 e. The van der Waals surface area contributed by atoms with Crippen molar-refractivity contribution in [3.8, 4) is 5.75 Å². The molecular formula is C12H11BF3KN2O. The third kappa shape index (κ3) is 4.85. The van der Waals surface area contributed by atoms with Crippen LogP contribution in [0.1, 0.15) is 11.3 Å². The molecule has 2 aromatic heterocycles. The SMILES string of the molecule is Cc1cccnc1COc1cncc([B-](F)(F)F)c1.[K+]. The molecule has 100 valence electrons. The number of nitrogens with zero attached hydrogens (tertiary/aromatic N) is 2. The van der Waals surface area contributed by atoms with Gasteiger partial charge in [-0.15, -0.1) is 0 Å². The number of halogens is 3. The smallest absolute Gasteiger partial charge is 0.486 e. The fourth-order valence-corrected chi connectivity index (χ4v) is 1.51. The molecule has 2 heterocycles. The largest absolute Gasteiger partial charge is 1.00 e. The van der Waals surface area contributed by atoms with Crippen molar-refractivity contribution in [2.75, 3.05) is 0 Å². The minimum atomic E-state index is -5.06. The van der Waals surface area contributed by atoms with E-state index in [1.807, 2.05) is 13.0 Å². The van der Waals surface area contributed by atoms with Crippen LogP contribution in [0.3, 0.4) is 0 Å². The number of aryl methyl sites for hydroxylation is 1. The maximum absolute atomic E-state index is 12.5. The molecule has 0 amide bonds. The van der Waals surface area contributed by atoms with Crippen molar-refractivity contribution in [2.45, 2.75) is 13.5 Å². The van der Waals surface area contributed by atoms with Gasteiger partial charge in [0.1, 0.15) is 12.4 Å². The summed E-state index contributed by atoms with van der Waals surface area (Å²) in [5.74, 6) is 0.0850. The van der Waals surface area contributed by atoms with Crippen molar-refractivity contribution < 1.29 is 69.1 Å². The van der Waals surface area contributed by atoms with Gasteiger partial charge in [0.2, 0.25) is 0 Å². The molecule has 0 saturated heterocycles. The molecule has 0 N–H and O–H groups in total. The van der Waals surface area contributed by atoms with E-state index in [4.69, 9.17) is 4.74 Å². The molecule has 3 nitrogen and oxygen atoms in total. The predicted molar refractivity (Wildman–Crippen MR) is 66.3 cm³/mol. The summed E-state index contributed by atoms with van der Waals surface area (Å²) in [6, 6.07) is 4.59. The van der Waals surface area contributed by atoms with Crippen molar-refractivity contribution >= 4 is 12.4 Å². The van der Waals surface area contributed by atoms with Crippen molar-refractivity contribution in [1.82, 2.24) is 9.97 Å². The van der Waals surface area contributed by atoms with E-state index in [2.05, 4.69) is 9.97 Å². The zero-order chi connectivity index (χ0) is 13.9. The Morgan fingerprint density at radius 1 is 1.25 bits per heavy atom. The molecule has 0 aliphatic heterocycles. The summed E-state index contributed by atoms with van der Waals surface area (Å²) >= 11 is 0. The zero-order valence-electron chi connectivity index (χ0n) is 11.2. The van der Waals surface area contributed by atoms with Crippen LogP contribution in [-0.4, -0.2) is 16.9 Å². The first-order valence-corrected chi connectivity index (χ1v) is 5.65. The van der Waals surface area contributed by atoms with Gasteiger partial charge in [-0.05, 0) is 24.6 Å². The van der Waals surface area contributed by atoms with Gasteiger partial charge in [0.25, 0.3) is 0 Å². The summed E-state index contributed by atoms with van der Waals surface area (Å²) < 4.78 is 42.9. The van der Waals surface area contributed by atoms with Crippen LogP contribution >= 0.6 is 0 Å². The van der Waals surface area contributed by atoms with E-state index in [1.165, 1.54) is 6.20 Å². The molecule has 20 heavy (non-hydrogen) atoms. The average Bonchev–Trinajstić information content (AvgIpc) is 2.37. The first kappa shape index (κ1) is 17.6. The molecule has 0 atom stereocenters. The van der Waals surface area contributed by atoms with Gasteiger partial charge in [0.15, 0.2) is 0 Å². The molecule has 0 aliphatic rings. The van der Waals surface area contributed by atoms with Gasteiger partial charge < -0.3 is 17.7 Å². The second-order valence-corrected chi connectivity index (χ2v) is 4.08. The van der Waals surface area contributed by atoms with Crippen LogP contribution in [0.4, 0.5) is 12.9 Å². The van der Waals surface area contributed by atoms with E-state index in [0.717, 1.165) is 17.8 Å². The third-order valence-corrected chi connectivity index (χ3v) is 2.61. The van der Waals surface area contributed by atoms with E-state index in [0.29, 0.717) is 5.69 Å². The number of hydrogen-bond acceptors (Lipinski definition) is 3. The number of aromatic nitrogens is 2. The molecule has 0 spiro atoms. The first-order chi connectivity index (χ1) is 8.97. The van der Waals surface area contributed by atoms with Crippen molar-refractivity contribution in [3.63, 3.8) is 0 Å². The normalized spacial score (nSPS) is 10.8. The number of hydrogen-bond donors (Lipinski definition) is 0. The molecule has 0 aromatic carbocycles. The standard InChI is InChI=1S/C12H11BF3N2O.K/c1-9-3-2-4-18-12(9)8-19-11-5-10(6-17-7-11)13(14,15)16;/h2-7H,8H2,1H3;/q-1;+1. The van der Waals surface area contributed by atoms with Crippen molar-refractivity contribution in [1.29, 1.82) is 0 Å². The van der Waals surface area contributed by atoms with Gasteiger partial charge in [-0.3, -0.25) is 9.97 Å². The summed E-state index contributed by atoms with van der Waals surface area (Å²) in [6.07, 6.45) is 3.65. The minimum absolute atomic E-state index is 0. The molecule has 8 heteroatoms. The van der Waals surface area contributed by atoms with E-state index >= 15 is 0 Å². The summed E-state index contributed by atoms with van der Waals surface area (Å²) in [6.45, 7) is -3.09. The first-order valence-electron chi connectivity index (χ1n) is 5.65. The summed E-state index contributed by atoms with van der Waals surface area (Å²) in [7, 11) is 0. The Hall–Kier alpha value is -0.409. The average molecular weight is 306 g/mol. The maximum atomic E-state index is 12.5. The molecule has 2 aromatic rings. The fourth-order valence-electron chi connectivity index (χ4n) is 1.51. The Bertz CT molecular complexity index is 581. The minimum Gasteiger partial charge on any atom is -0.486 e. The monoisotopic (exact) mass is 306 g/mol. The van der Waals surface area contributed by atoms with Crippen molar-refractivity contribution in [2.24, 2.45) is 0 Å². The molecule has 0 saturated carbocycles. The van der Waals surface area contributed by atoms with Crippen LogP contribution in [-0.2, 0) is 6.61 Å². The molecule has 0 fully saturated rings. The second kappa shape index (κ2) is 7.56. The molecule has 0 aliphatic carbocycles. The van der Waals surface area contributed by atoms with E-state index in [9.17, 15) is 12.9 Å². The Morgan fingerprint density at radius 3 is 2.65 bits per heavy atom. The zero-order valence-corrected chi connectivity index (χ0v) is 14.3. The molecule has 0 unspecified atom stereocenters. The molecule has 0 bridgehead atoms. The van der Waals surface area contributed by atoms with Gasteiger partial charge >= 0.3 is 58.4 Å². The van der Waals surface area contributed by atoms with Crippen LogP contribution in [0.15, 0.2) is 36.8 Å². The fraction of sp³-hybridized carbons (Fsp3) is 0.167. The van der Waals surface area contributed by atoms with Gasteiger partial charge in [0.05, 0.1) is 11.9 Å². The summed E-state index contributed by atoms with van der Waals surface area (Å²) in [5, 5.41) is 0. The summed E-state index contributed by atoms with van der Waals surface area (Å²) in [5.41, 5.74) is 0.840. The van der Waals surface area contributed by atoms with Gasteiger partial charge in [-0.25, -0.2) is 0 Å². The van der Waals surface area contributed by atoms with Crippen LogP contribution in [0.2, 0.25) is 0 Å². The summed E-state index contributed by atoms with van der Waals surface area (Å²) in [4.78, 5) is 7.64. The van der Waals surface area contributed by atoms with Gasteiger partial charge in [-0.2, -0.15) is 0 Å². The topological polar surface area (TPSA) is 35.0 Å². The Balaban J connectivity index is 0.00000200. The number of rotatable bonds is 4. The Kier molecular flexibility index (Phi) is 6.67. The van der Waals surface area contributed by atoms with E-state index < -0.39 is 12.4 Å². The number of ether oxygens (including phenoxy) is 1. The molecular weight excluding hydrogens is 295 g/mol. The van der Waals surface area contributed by atoms with Crippen LogP contribution < -0.4 is 61.6 Å². The van der Waals surface area contributed by atoms with E-state index in [-0.39, 0.29) is 63.7 Å². The van der Waals surface area contributed by atoms with Crippen LogP contribution in [0.25, 0.3) is 0 Å². The van der Waals surface area contributed by atoms with Gasteiger partial charge in [-0.1, -0.05) is 11.5 Å². The van der Waals surface area contributed by atoms with Crippen LogP contribution in [0.5, 0.6) is 5.75 Å².